The lowest BCUT2D eigenvalue weighted by Crippen LogP contribution is -2.18. The van der Waals surface area contributed by atoms with Crippen molar-refractivity contribution in [3.8, 4) is 0 Å². The first-order chi connectivity index (χ1) is 9.22. The number of halogens is 1. The van der Waals surface area contributed by atoms with E-state index in [2.05, 4.69) is 15.5 Å². The van der Waals surface area contributed by atoms with Gasteiger partial charge in [0.2, 0.25) is 0 Å². The highest BCUT2D eigenvalue weighted by Crippen LogP contribution is 2.25. The summed E-state index contributed by atoms with van der Waals surface area (Å²) < 4.78 is 4.87. The zero-order valence-electron chi connectivity index (χ0n) is 10.6. The molecular weight excluding hydrogens is 266 g/mol. The zero-order valence-corrected chi connectivity index (χ0v) is 11.4. The molecule has 0 aliphatic heterocycles. The number of aliphatic hydroxyl groups excluding tert-OH is 1. The number of nitrogens with one attached hydrogen (secondary N) is 1. The number of benzene rings is 1. The van der Waals surface area contributed by atoms with Crippen LogP contribution in [-0.2, 0) is 4.74 Å². The van der Waals surface area contributed by atoms with Crippen LogP contribution < -0.4 is 5.32 Å². The number of hydrogen-bond donors (Lipinski definition) is 2. The lowest BCUT2D eigenvalue weighted by molar-refractivity contribution is 0.0615. The Balaban J connectivity index is 2.07. The second kappa shape index (κ2) is 6.65. The minimum atomic E-state index is -0.482. The van der Waals surface area contributed by atoms with Crippen molar-refractivity contribution in [2.45, 2.75) is 12.5 Å². The molecule has 5 nitrogen and oxygen atoms in total. The zero-order chi connectivity index (χ0) is 13.7. The fourth-order valence-electron chi connectivity index (χ4n) is 1.83. The molecule has 1 atom stereocenters. The summed E-state index contributed by atoms with van der Waals surface area (Å²) in [5.41, 5.74) is 0. The fraction of sp³-hybridized carbons (Fsp3) is 0.385. The maximum Gasteiger partial charge on any atom is 0.159 e. The Bertz CT molecular complexity index is 550. The van der Waals surface area contributed by atoms with Crippen LogP contribution in [0.2, 0.25) is 5.15 Å². The van der Waals surface area contributed by atoms with Gasteiger partial charge in [0.15, 0.2) is 11.0 Å². The average Bonchev–Trinajstić information content (AvgIpc) is 2.42. The summed E-state index contributed by atoms with van der Waals surface area (Å²) in [6, 6.07) is 7.66. The number of anilines is 1. The van der Waals surface area contributed by atoms with E-state index >= 15 is 0 Å². The maximum absolute atomic E-state index is 9.56. The van der Waals surface area contributed by atoms with E-state index in [9.17, 15) is 5.11 Å². The molecule has 102 valence electrons. The van der Waals surface area contributed by atoms with Gasteiger partial charge < -0.3 is 15.2 Å². The summed E-state index contributed by atoms with van der Waals surface area (Å²) in [6.07, 6.45) is 0.0935. The van der Waals surface area contributed by atoms with E-state index in [0.717, 1.165) is 10.8 Å². The van der Waals surface area contributed by atoms with Crippen LogP contribution in [0.25, 0.3) is 10.8 Å². The van der Waals surface area contributed by atoms with Crippen molar-refractivity contribution in [3.63, 3.8) is 0 Å². The molecule has 0 saturated heterocycles. The predicted octanol–water partition coefficient (Wildman–Crippen LogP) is 2.09. The summed E-state index contributed by atoms with van der Waals surface area (Å²) in [5, 5.41) is 22.8. The Morgan fingerprint density at radius 1 is 1.32 bits per heavy atom. The number of fused-ring (bicyclic) bond motifs is 1. The Labute approximate surface area is 116 Å². The summed E-state index contributed by atoms with van der Waals surface area (Å²) in [5.74, 6) is 0.671. The van der Waals surface area contributed by atoms with Gasteiger partial charge in [-0.25, -0.2) is 0 Å². The molecule has 1 aromatic carbocycles. The number of ether oxygens (including phenoxy) is 1. The van der Waals surface area contributed by atoms with E-state index < -0.39 is 6.10 Å². The molecule has 1 unspecified atom stereocenters. The topological polar surface area (TPSA) is 67.3 Å². The first-order valence-corrected chi connectivity index (χ1v) is 6.42. The van der Waals surface area contributed by atoms with Gasteiger partial charge in [-0.2, -0.15) is 0 Å². The minimum Gasteiger partial charge on any atom is -0.391 e. The van der Waals surface area contributed by atoms with E-state index in [1.54, 1.807) is 7.11 Å². The van der Waals surface area contributed by atoms with Gasteiger partial charge in [-0.15, -0.1) is 10.2 Å². The van der Waals surface area contributed by atoms with Gasteiger partial charge >= 0.3 is 0 Å². The van der Waals surface area contributed by atoms with Crippen LogP contribution >= 0.6 is 11.6 Å². The van der Waals surface area contributed by atoms with Crippen molar-refractivity contribution in [3.05, 3.63) is 29.4 Å². The van der Waals surface area contributed by atoms with Crippen molar-refractivity contribution in [1.82, 2.24) is 10.2 Å². The van der Waals surface area contributed by atoms with E-state index in [1.165, 1.54) is 0 Å². The Hall–Kier alpha value is -1.43. The van der Waals surface area contributed by atoms with Crippen LogP contribution in [0, 0.1) is 0 Å². The van der Waals surface area contributed by atoms with Crippen molar-refractivity contribution in [2.24, 2.45) is 0 Å². The van der Waals surface area contributed by atoms with Gasteiger partial charge in [-0.3, -0.25) is 0 Å². The molecule has 0 amide bonds. The van der Waals surface area contributed by atoms with Crippen LogP contribution in [0.1, 0.15) is 6.42 Å². The lowest BCUT2D eigenvalue weighted by Gasteiger charge is -2.11. The molecule has 2 rings (SSSR count). The number of aliphatic hydroxyl groups is 1. The first-order valence-electron chi connectivity index (χ1n) is 6.04. The van der Waals surface area contributed by atoms with Gasteiger partial charge in [0, 0.05) is 24.4 Å². The molecule has 0 fully saturated rings. The van der Waals surface area contributed by atoms with Crippen LogP contribution in [0.3, 0.4) is 0 Å². The second-order valence-corrected chi connectivity index (χ2v) is 4.57. The van der Waals surface area contributed by atoms with Crippen molar-refractivity contribution in [1.29, 1.82) is 0 Å². The molecule has 0 aliphatic carbocycles. The van der Waals surface area contributed by atoms with E-state index in [-0.39, 0.29) is 0 Å². The predicted molar refractivity (Wildman–Crippen MR) is 75.5 cm³/mol. The third-order valence-electron chi connectivity index (χ3n) is 2.77. The number of hydrogen-bond acceptors (Lipinski definition) is 5. The second-order valence-electron chi connectivity index (χ2n) is 4.21. The molecule has 19 heavy (non-hydrogen) atoms. The Morgan fingerprint density at radius 2 is 2.05 bits per heavy atom. The molecule has 1 heterocycles. The Kier molecular flexibility index (Phi) is 4.90. The molecule has 1 aromatic heterocycles. The van der Waals surface area contributed by atoms with Crippen LogP contribution in [0.15, 0.2) is 24.3 Å². The molecule has 0 spiro atoms. The molecular formula is C13H16ClN3O2. The minimum absolute atomic E-state index is 0.328. The third kappa shape index (κ3) is 3.53. The highest BCUT2D eigenvalue weighted by Gasteiger charge is 2.08. The highest BCUT2D eigenvalue weighted by molar-refractivity contribution is 6.34. The molecule has 2 N–H and O–H groups in total. The molecule has 0 aliphatic rings. The van der Waals surface area contributed by atoms with Gasteiger partial charge in [0.05, 0.1) is 12.7 Å². The van der Waals surface area contributed by atoms with E-state index in [0.29, 0.717) is 30.5 Å². The molecule has 2 aromatic rings. The normalized spacial score (nSPS) is 12.6. The molecule has 0 saturated carbocycles. The summed E-state index contributed by atoms with van der Waals surface area (Å²) in [6.45, 7) is 0.916. The van der Waals surface area contributed by atoms with Crippen LogP contribution in [-0.4, -0.2) is 41.7 Å². The number of aromatic nitrogens is 2. The van der Waals surface area contributed by atoms with Gasteiger partial charge in [-0.05, 0) is 6.42 Å². The van der Waals surface area contributed by atoms with E-state index in [4.69, 9.17) is 16.3 Å². The summed E-state index contributed by atoms with van der Waals surface area (Å²) >= 11 is 6.00. The van der Waals surface area contributed by atoms with Gasteiger partial charge in [-0.1, -0.05) is 35.9 Å². The quantitative estimate of drug-likeness (QED) is 0.849. The van der Waals surface area contributed by atoms with Crippen LogP contribution in [0.5, 0.6) is 0 Å². The Morgan fingerprint density at radius 3 is 2.79 bits per heavy atom. The number of methoxy groups -OCH3 is 1. The molecule has 6 heteroatoms. The lowest BCUT2D eigenvalue weighted by atomic mass is 10.2. The van der Waals surface area contributed by atoms with Crippen molar-refractivity contribution < 1.29 is 9.84 Å². The van der Waals surface area contributed by atoms with E-state index in [1.807, 2.05) is 24.3 Å². The largest absolute Gasteiger partial charge is 0.391 e. The monoisotopic (exact) mass is 281 g/mol. The standard InChI is InChI=1S/C13H16ClN3O2/c1-19-8-9(18)6-7-15-13-11-5-3-2-4-10(11)12(14)16-17-13/h2-5,9,18H,6-8H2,1H3,(H,15,17). The third-order valence-corrected chi connectivity index (χ3v) is 3.05. The first kappa shape index (κ1) is 14.0. The van der Waals surface area contributed by atoms with Gasteiger partial charge in [0.1, 0.15) is 0 Å². The van der Waals surface area contributed by atoms with Crippen molar-refractivity contribution in [2.75, 3.05) is 25.6 Å². The smallest absolute Gasteiger partial charge is 0.159 e. The maximum atomic E-state index is 9.56. The average molecular weight is 282 g/mol. The number of rotatable bonds is 6. The fourth-order valence-corrected chi connectivity index (χ4v) is 2.04. The van der Waals surface area contributed by atoms with Crippen LogP contribution in [0.4, 0.5) is 5.82 Å². The highest BCUT2D eigenvalue weighted by atomic mass is 35.5. The molecule has 0 bridgehead atoms. The van der Waals surface area contributed by atoms with Gasteiger partial charge in [0.25, 0.3) is 0 Å². The number of nitrogens with zero attached hydrogens (tertiary/aromatic N) is 2. The molecule has 0 radical (unpaired) electrons. The SMILES string of the molecule is COCC(O)CCNc1nnc(Cl)c2ccccc12. The summed E-state index contributed by atoms with van der Waals surface area (Å²) in [7, 11) is 1.56. The van der Waals surface area contributed by atoms with Crippen molar-refractivity contribution >= 4 is 28.2 Å². The summed E-state index contributed by atoms with van der Waals surface area (Å²) in [4.78, 5) is 0.